The number of benzene rings is 2. The molecule has 0 bridgehead atoms. The predicted octanol–water partition coefficient (Wildman–Crippen LogP) is 5.32. The molecule has 3 rings (SSSR count). The van der Waals surface area contributed by atoms with E-state index in [2.05, 4.69) is 6.07 Å². The molecule has 0 unspecified atom stereocenters. The number of hydrogen-bond donors (Lipinski definition) is 0. The van der Waals surface area contributed by atoms with Crippen molar-refractivity contribution >= 4 is 23.2 Å². The van der Waals surface area contributed by atoms with Crippen molar-refractivity contribution in [3.63, 3.8) is 0 Å². The molecular weight excluding hydrogens is 304 g/mol. The Morgan fingerprint density at radius 3 is 2.39 bits per heavy atom. The van der Waals surface area contributed by atoms with E-state index in [1.807, 2.05) is 66.7 Å². The number of ether oxygens (including phenoxy) is 1. The molecule has 23 heavy (non-hydrogen) atoms. The van der Waals surface area contributed by atoms with Gasteiger partial charge in [0.25, 0.3) is 0 Å². The molecule has 0 spiro atoms. The number of carbonyl (C=O) groups excluding carboxylic acids is 1. The van der Waals surface area contributed by atoms with Crippen LogP contribution < -0.4 is 4.74 Å². The molecular formula is C20H16O2S. The van der Waals surface area contributed by atoms with Gasteiger partial charge in [0.1, 0.15) is 5.75 Å². The molecule has 0 N–H and O–H groups in total. The van der Waals surface area contributed by atoms with E-state index in [9.17, 15) is 4.79 Å². The van der Waals surface area contributed by atoms with Crippen LogP contribution in [0, 0.1) is 0 Å². The van der Waals surface area contributed by atoms with Gasteiger partial charge in [-0.25, -0.2) is 0 Å². The van der Waals surface area contributed by atoms with E-state index in [1.165, 1.54) is 4.88 Å². The Balaban J connectivity index is 1.74. The Bertz CT molecular complexity index is 814. The minimum absolute atomic E-state index is 0.0185. The Morgan fingerprint density at radius 1 is 0.957 bits per heavy atom. The summed E-state index contributed by atoms with van der Waals surface area (Å²) in [6, 6.07) is 21.3. The summed E-state index contributed by atoms with van der Waals surface area (Å²) in [6.07, 6.45) is 3.49. The first-order chi connectivity index (χ1) is 11.3. The fourth-order valence-corrected chi connectivity index (χ4v) is 3.13. The summed E-state index contributed by atoms with van der Waals surface area (Å²) in [6.45, 7) is 0. The molecule has 0 saturated heterocycles. The fourth-order valence-electron chi connectivity index (χ4n) is 2.21. The number of carbonyl (C=O) groups is 1. The summed E-state index contributed by atoms with van der Waals surface area (Å²) in [5, 5.41) is 0. The van der Waals surface area contributed by atoms with E-state index in [4.69, 9.17) is 4.74 Å². The third-order valence-electron chi connectivity index (χ3n) is 3.46. The fraction of sp³-hybridized carbons (Fsp3) is 0.0500. The average molecular weight is 320 g/mol. The molecule has 0 atom stereocenters. The van der Waals surface area contributed by atoms with Crippen molar-refractivity contribution in [1.82, 2.24) is 0 Å². The molecule has 0 radical (unpaired) electrons. The zero-order chi connectivity index (χ0) is 16.1. The number of ketones is 1. The summed E-state index contributed by atoms with van der Waals surface area (Å²) in [5.74, 6) is 0.865. The zero-order valence-corrected chi connectivity index (χ0v) is 13.5. The first-order valence-electron chi connectivity index (χ1n) is 7.28. The Hall–Kier alpha value is -2.65. The van der Waals surface area contributed by atoms with Crippen LogP contribution in [0.5, 0.6) is 5.75 Å². The lowest BCUT2D eigenvalue weighted by atomic mass is 10.1. The van der Waals surface area contributed by atoms with Crippen LogP contribution in [0.4, 0.5) is 0 Å². The Kier molecular flexibility index (Phi) is 4.69. The van der Waals surface area contributed by atoms with Crippen molar-refractivity contribution < 1.29 is 9.53 Å². The number of rotatable bonds is 5. The van der Waals surface area contributed by atoms with Crippen molar-refractivity contribution in [3.05, 3.63) is 83.2 Å². The molecule has 0 aliphatic rings. The number of allylic oxidation sites excluding steroid dienone is 1. The van der Waals surface area contributed by atoms with Gasteiger partial charge < -0.3 is 4.74 Å². The highest BCUT2D eigenvalue weighted by Crippen LogP contribution is 2.30. The van der Waals surface area contributed by atoms with Gasteiger partial charge in [-0.2, -0.15) is 0 Å². The normalized spacial score (nSPS) is 10.8. The largest absolute Gasteiger partial charge is 0.497 e. The lowest BCUT2D eigenvalue weighted by Gasteiger charge is -2.00. The molecule has 2 aromatic carbocycles. The summed E-state index contributed by atoms with van der Waals surface area (Å²) < 4.78 is 5.17. The smallest absolute Gasteiger partial charge is 0.185 e. The summed E-state index contributed by atoms with van der Waals surface area (Å²) in [7, 11) is 1.66. The van der Waals surface area contributed by atoms with Gasteiger partial charge >= 0.3 is 0 Å². The molecule has 2 nitrogen and oxygen atoms in total. The highest BCUT2D eigenvalue weighted by atomic mass is 32.1. The minimum atomic E-state index is 0.0185. The van der Waals surface area contributed by atoms with Crippen LogP contribution >= 0.6 is 11.3 Å². The van der Waals surface area contributed by atoms with Crippen LogP contribution in [-0.2, 0) is 0 Å². The lowest BCUT2D eigenvalue weighted by Crippen LogP contribution is -1.92. The van der Waals surface area contributed by atoms with Crippen molar-refractivity contribution in [3.8, 4) is 16.2 Å². The van der Waals surface area contributed by atoms with Crippen molar-refractivity contribution in [2.24, 2.45) is 0 Å². The van der Waals surface area contributed by atoms with Gasteiger partial charge in [-0.15, -0.1) is 11.3 Å². The second-order valence-corrected chi connectivity index (χ2v) is 6.11. The molecule has 114 valence electrons. The van der Waals surface area contributed by atoms with Crippen LogP contribution in [0.2, 0.25) is 0 Å². The van der Waals surface area contributed by atoms with Crippen LogP contribution in [0.3, 0.4) is 0 Å². The minimum Gasteiger partial charge on any atom is -0.497 e. The standard InChI is InChI=1S/C20H16O2S/c1-22-17-9-7-16(8-10-17)20-14-12-18(23-20)11-13-19(21)15-5-3-2-4-6-15/h2-14H,1H3. The average Bonchev–Trinajstić information content (AvgIpc) is 3.09. The van der Waals surface area contributed by atoms with Gasteiger partial charge in [-0.3, -0.25) is 4.79 Å². The molecule has 3 aromatic rings. The highest BCUT2D eigenvalue weighted by molar-refractivity contribution is 7.16. The Labute approximate surface area is 139 Å². The monoisotopic (exact) mass is 320 g/mol. The maximum absolute atomic E-state index is 12.1. The predicted molar refractivity (Wildman–Crippen MR) is 96.1 cm³/mol. The second kappa shape index (κ2) is 7.07. The van der Waals surface area contributed by atoms with Crippen LogP contribution in [-0.4, -0.2) is 12.9 Å². The molecule has 0 saturated carbocycles. The number of hydrogen-bond acceptors (Lipinski definition) is 3. The molecule has 0 aliphatic heterocycles. The quantitative estimate of drug-likeness (QED) is 0.470. The highest BCUT2D eigenvalue weighted by Gasteiger charge is 2.03. The third kappa shape index (κ3) is 3.76. The first kappa shape index (κ1) is 15.3. The van der Waals surface area contributed by atoms with E-state index in [-0.39, 0.29) is 5.78 Å². The van der Waals surface area contributed by atoms with Gasteiger partial charge in [0, 0.05) is 15.3 Å². The second-order valence-electron chi connectivity index (χ2n) is 4.99. The van der Waals surface area contributed by atoms with Crippen LogP contribution in [0.25, 0.3) is 16.5 Å². The van der Waals surface area contributed by atoms with Gasteiger partial charge in [-0.05, 0) is 54.1 Å². The molecule has 0 fully saturated rings. The van der Waals surface area contributed by atoms with Crippen LogP contribution in [0.1, 0.15) is 15.2 Å². The number of methoxy groups -OCH3 is 1. The van der Waals surface area contributed by atoms with E-state index in [1.54, 1.807) is 24.5 Å². The molecule has 3 heteroatoms. The molecule has 1 heterocycles. The lowest BCUT2D eigenvalue weighted by molar-refractivity contribution is 0.104. The van der Waals surface area contributed by atoms with Crippen molar-refractivity contribution in [2.75, 3.05) is 7.11 Å². The third-order valence-corrected chi connectivity index (χ3v) is 4.56. The van der Waals surface area contributed by atoms with E-state index >= 15 is 0 Å². The summed E-state index contributed by atoms with van der Waals surface area (Å²) >= 11 is 1.66. The summed E-state index contributed by atoms with van der Waals surface area (Å²) in [4.78, 5) is 14.3. The summed E-state index contributed by atoms with van der Waals surface area (Å²) in [5.41, 5.74) is 1.85. The zero-order valence-electron chi connectivity index (χ0n) is 12.7. The molecule has 0 aliphatic carbocycles. The number of thiophene rings is 1. The maximum atomic E-state index is 12.1. The van der Waals surface area contributed by atoms with Crippen molar-refractivity contribution in [2.45, 2.75) is 0 Å². The molecule has 0 amide bonds. The molecule has 1 aromatic heterocycles. The topological polar surface area (TPSA) is 26.3 Å². The Morgan fingerprint density at radius 2 is 1.70 bits per heavy atom. The van der Waals surface area contributed by atoms with E-state index in [0.29, 0.717) is 5.56 Å². The first-order valence-corrected chi connectivity index (χ1v) is 8.09. The maximum Gasteiger partial charge on any atom is 0.185 e. The van der Waals surface area contributed by atoms with E-state index in [0.717, 1.165) is 16.2 Å². The SMILES string of the molecule is COc1ccc(-c2ccc(C=CC(=O)c3ccccc3)s2)cc1. The van der Waals surface area contributed by atoms with Crippen molar-refractivity contribution in [1.29, 1.82) is 0 Å². The van der Waals surface area contributed by atoms with Gasteiger partial charge in [-0.1, -0.05) is 30.3 Å². The van der Waals surface area contributed by atoms with Gasteiger partial charge in [0.05, 0.1) is 7.11 Å². The van der Waals surface area contributed by atoms with E-state index < -0.39 is 0 Å². The van der Waals surface area contributed by atoms with Gasteiger partial charge in [0.15, 0.2) is 5.78 Å². The van der Waals surface area contributed by atoms with Gasteiger partial charge in [0.2, 0.25) is 0 Å². The van der Waals surface area contributed by atoms with Crippen LogP contribution in [0.15, 0.2) is 72.8 Å².